The van der Waals surface area contributed by atoms with Gasteiger partial charge in [-0.15, -0.1) is 0 Å². The molecule has 22 heavy (non-hydrogen) atoms. The van der Waals surface area contributed by atoms with Gasteiger partial charge in [-0.25, -0.2) is 9.50 Å². The summed E-state index contributed by atoms with van der Waals surface area (Å²) < 4.78 is 40.9. The molecule has 3 rings (SSSR count). The normalized spacial score (nSPS) is 20.0. The summed E-state index contributed by atoms with van der Waals surface area (Å²) in [7, 11) is 0. The summed E-state index contributed by atoms with van der Waals surface area (Å²) in [6.45, 7) is 5.37. The Morgan fingerprint density at radius 1 is 1.32 bits per heavy atom. The minimum atomic E-state index is -4.45. The molecule has 2 aromatic rings. The molecule has 1 saturated heterocycles. The first-order valence-electron chi connectivity index (χ1n) is 7.55. The van der Waals surface area contributed by atoms with Crippen LogP contribution in [0, 0.1) is 0 Å². The van der Waals surface area contributed by atoms with Crippen LogP contribution in [-0.4, -0.2) is 27.7 Å². The third-order valence-corrected chi connectivity index (χ3v) is 4.06. The molecule has 0 radical (unpaired) electrons. The summed E-state index contributed by atoms with van der Waals surface area (Å²) in [4.78, 5) is 4.34. The third kappa shape index (κ3) is 2.82. The number of hydrogen-bond donors (Lipinski definition) is 1. The molecule has 1 unspecified atom stereocenters. The summed E-state index contributed by atoms with van der Waals surface area (Å²) >= 11 is 0. The van der Waals surface area contributed by atoms with Crippen LogP contribution in [0.4, 0.5) is 13.2 Å². The predicted octanol–water partition coefficient (Wildman–Crippen LogP) is 3.34. The average molecular weight is 312 g/mol. The van der Waals surface area contributed by atoms with Crippen molar-refractivity contribution in [3.63, 3.8) is 0 Å². The summed E-state index contributed by atoms with van der Waals surface area (Å²) in [6, 6.07) is 2.80. The molecule has 1 N–H and O–H groups in total. The van der Waals surface area contributed by atoms with Gasteiger partial charge in [0.1, 0.15) is 5.69 Å². The number of alkyl halides is 3. The van der Waals surface area contributed by atoms with Gasteiger partial charge in [0, 0.05) is 24.2 Å². The molecule has 0 aromatic carbocycles. The molecule has 0 aliphatic carbocycles. The lowest BCUT2D eigenvalue weighted by Crippen LogP contribution is -2.28. The van der Waals surface area contributed by atoms with Gasteiger partial charge in [-0.2, -0.15) is 18.3 Å². The predicted molar refractivity (Wildman–Crippen MR) is 76.9 cm³/mol. The van der Waals surface area contributed by atoms with Crippen molar-refractivity contribution >= 4 is 5.65 Å². The minimum absolute atomic E-state index is 0.0687. The number of nitrogens with zero attached hydrogens (tertiary/aromatic N) is 3. The Kier molecular flexibility index (Phi) is 3.84. The van der Waals surface area contributed by atoms with Crippen LogP contribution >= 0.6 is 0 Å². The van der Waals surface area contributed by atoms with Gasteiger partial charge in [0.2, 0.25) is 0 Å². The van der Waals surface area contributed by atoms with Crippen molar-refractivity contribution in [2.75, 3.05) is 13.1 Å². The summed E-state index contributed by atoms with van der Waals surface area (Å²) in [6.07, 6.45) is -2.50. The van der Waals surface area contributed by atoms with Crippen molar-refractivity contribution in [2.45, 2.75) is 44.7 Å². The molecule has 1 aliphatic rings. The Bertz CT molecular complexity index is 669. The highest BCUT2D eigenvalue weighted by molar-refractivity contribution is 5.44. The first-order chi connectivity index (χ1) is 10.4. The molecule has 1 fully saturated rings. The van der Waals surface area contributed by atoms with Crippen LogP contribution in [0.15, 0.2) is 12.1 Å². The largest absolute Gasteiger partial charge is 0.433 e. The van der Waals surface area contributed by atoms with E-state index in [9.17, 15) is 13.2 Å². The molecule has 0 amide bonds. The second-order valence-electron chi connectivity index (χ2n) is 6.10. The second kappa shape index (κ2) is 5.53. The Labute approximate surface area is 126 Å². The second-order valence-corrected chi connectivity index (χ2v) is 6.10. The van der Waals surface area contributed by atoms with Gasteiger partial charge in [0.05, 0.1) is 5.69 Å². The molecular weight excluding hydrogens is 293 g/mol. The highest BCUT2D eigenvalue weighted by atomic mass is 19.4. The van der Waals surface area contributed by atoms with Crippen LogP contribution in [0.3, 0.4) is 0 Å². The Balaban J connectivity index is 2.12. The zero-order chi connectivity index (χ0) is 15.9. The maximum atomic E-state index is 13.3. The topological polar surface area (TPSA) is 42.2 Å². The standard InChI is InChI=1S/C15H19F3N4/c1-9(2)11-6-13(15(16,17)18)22-14(20-11)7-12(21-22)10-4-3-5-19-8-10/h6-7,9-10,19H,3-5,8H2,1-2H3. The smallest absolute Gasteiger partial charge is 0.316 e. The van der Waals surface area contributed by atoms with Crippen molar-refractivity contribution in [2.24, 2.45) is 0 Å². The number of fused-ring (bicyclic) bond motifs is 1. The molecule has 1 atom stereocenters. The van der Waals surface area contributed by atoms with Crippen molar-refractivity contribution in [1.82, 2.24) is 19.9 Å². The number of aromatic nitrogens is 3. The fraction of sp³-hybridized carbons (Fsp3) is 0.600. The molecule has 0 spiro atoms. The van der Waals surface area contributed by atoms with Crippen molar-refractivity contribution in [1.29, 1.82) is 0 Å². The monoisotopic (exact) mass is 312 g/mol. The van der Waals surface area contributed by atoms with E-state index in [4.69, 9.17) is 0 Å². The van der Waals surface area contributed by atoms with Crippen molar-refractivity contribution in [3.8, 4) is 0 Å². The molecule has 4 nitrogen and oxygen atoms in total. The highest BCUT2D eigenvalue weighted by Gasteiger charge is 2.35. The van der Waals surface area contributed by atoms with E-state index >= 15 is 0 Å². The van der Waals surface area contributed by atoms with E-state index < -0.39 is 11.9 Å². The zero-order valence-electron chi connectivity index (χ0n) is 12.6. The quantitative estimate of drug-likeness (QED) is 0.925. The van der Waals surface area contributed by atoms with E-state index in [2.05, 4.69) is 15.4 Å². The Morgan fingerprint density at radius 2 is 2.09 bits per heavy atom. The van der Waals surface area contributed by atoms with Crippen LogP contribution in [0.5, 0.6) is 0 Å². The molecule has 3 heterocycles. The lowest BCUT2D eigenvalue weighted by molar-refractivity contribution is -0.142. The number of piperidine rings is 1. The van der Waals surface area contributed by atoms with Crippen LogP contribution in [-0.2, 0) is 6.18 Å². The van der Waals surface area contributed by atoms with Crippen LogP contribution < -0.4 is 5.32 Å². The molecule has 120 valence electrons. The lowest BCUT2D eigenvalue weighted by atomic mass is 9.96. The van der Waals surface area contributed by atoms with Gasteiger partial charge >= 0.3 is 6.18 Å². The maximum absolute atomic E-state index is 13.3. The summed E-state index contributed by atoms with van der Waals surface area (Å²) in [5.41, 5.74) is 0.648. The molecular formula is C15H19F3N4. The van der Waals surface area contributed by atoms with Gasteiger partial charge in [0.25, 0.3) is 0 Å². The molecule has 0 bridgehead atoms. The molecule has 0 saturated carbocycles. The van der Waals surface area contributed by atoms with Gasteiger partial charge in [-0.3, -0.25) is 0 Å². The fourth-order valence-electron chi connectivity index (χ4n) is 2.81. The van der Waals surface area contributed by atoms with E-state index in [-0.39, 0.29) is 17.5 Å². The zero-order valence-corrected chi connectivity index (χ0v) is 12.6. The third-order valence-electron chi connectivity index (χ3n) is 4.06. The van der Waals surface area contributed by atoms with Gasteiger partial charge in [-0.1, -0.05) is 13.8 Å². The number of halogens is 3. The summed E-state index contributed by atoms with van der Waals surface area (Å²) in [5.74, 6) is 0.0832. The average Bonchev–Trinajstić information content (AvgIpc) is 2.89. The van der Waals surface area contributed by atoms with Crippen molar-refractivity contribution < 1.29 is 13.2 Å². The van der Waals surface area contributed by atoms with Crippen LogP contribution in [0.2, 0.25) is 0 Å². The summed E-state index contributed by atoms with van der Waals surface area (Å²) in [5, 5.41) is 7.46. The Hall–Kier alpha value is -1.63. The first-order valence-corrected chi connectivity index (χ1v) is 7.55. The highest BCUT2D eigenvalue weighted by Crippen LogP contribution is 2.32. The number of nitrogens with one attached hydrogen (secondary N) is 1. The fourth-order valence-corrected chi connectivity index (χ4v) is 2.81. The van der Waals surface area contributed by atoms with Gasteiger partial charge < -0.3 is 5.32 Å². The van der Waals surface area contributed by atoms with Gasteiger partial charge in [0.15, 0.2) is 5.65 Å². The van der Waals surface area contributed by atoms with E-state index in [0.717, 1.165) is 36.5 Å². The van der Waals surface area contributed by atoms with Gasteiger partial charge in [-0.05, 0) is 31.4 Å². The molecule has 7 heteroatoms. The van der Waals surface area contributed by atoms with E-state index in [1.165, 1.54) is 0 Å². The SMILES string of the molecule is CC(C)c1cc(C(F)(F)F)n2nc(C3CCCNC3)cc2n1. The van der Waals surface area contributed by atoms with E-state index in [1.54, 1.807) is 6.07 Å². The van der Waals surface area contributed by atoms with Crippen LogP contribution in [0.25, 0.3) is 5.65 Å². The molecule has 1 aliphatic heterocycles. The minimum Gasteiger partial charge on any atom is -0.316 e. The molecule has 2 aromatic heterocycles. The van der Waals surface area contributed by atoms with Crippen LogP contribution in [0.1, 0.15) is 55.6 Å². The lowest BCUT2D eigenvalue weighted by Gasteiger charge is -2.20. The van der Waals surface area contributed by atoms with E-state index in [0.29, 0.717) is 11.4 Å². The maximum Gasteiger partial charge on any atom is 0.433 e. The Morgan fingerprint density at radius 3 is 2.68 bits per heavy atom. The van der Waals surface area contributed by atoms with E-state index in [1.807, 2.05) is 13.8 Å². The number of rotatable bonds is 2. The number of hydrogen-bond acceptors (Lipinski definition) is 3. The first kappa shape index (κ1) is 15.3. The van der Waals surface area contributed by atoms with Crippen molar-refractivity contribution in [3.05, 3.63) is 29.2 Å².